The van der Waals surface area contributed by atoms with Gasteiger partial charge in [-0.2, -0.15) is 4.98 Å². The summed E-state index contributed by atoms with van der Waals surface area (Å²) in [6.45, 7) is 2.14. The summed E-state index contributed by atoms with van der Waals surface area (Å²) >= 11 is 0. The van der Waals surface area contributed by atoms with E-state index in [0.717, 1.165) is 25.0 Å². The number of piperidine rings is 1. The summed E-state index contributed by atoms with van der Waals surface area (Å²) in [6.07, 6.45) is 9.12. The zero-order valence-electron chi connectivity index (χ0n) is 19.4. The van der Waals surface area contributed by atoms with E-state index in [1.165, 1.54) is 31.7 Å². The fraction of sp³-hybridized carbons (Fsp3) is 0.625. The van der Waals surface area contributed by atoms with Gasteiger partial charge in [0.1, 0.15) is 5.39 Å². The zero-order chi connectivity index (χ0) is 23.7. The largest absolute Gasteiger partial charge is 0.450 e. The molecule has 4 heterocycles. The number of amides is 1. The molecule has 5 rings (SSSR count). The first-order valence-electron chi connectivity index (χ1n) is 12.3. The number of rotatable bonds is 6. The van der Waals surface area contributed by atoms with Gasteiger partial charge in [0.05, 0.1) is 12.3 Å². The number of aromatic nitrogens is 2. The van der Waals surface area contributed by atoms with Crippen molar-refractivity contribution in [2.75, 3.05) is 6.61 Å². The molecule has 3 fully saturated rings. The van der Waals surface area contributed by atoms with Gasteiger partial charge in [0.15, 0.2) is 0 Å². The van der Waals surface area contributed by atoms with Crippen LogP contribution in [0, 0.1) is 5.92 Å². The summed E-state index contributed by atoms with van der Waals surface area (Å²) in [7, 11) is 0. The van der Waals surface area contributed by atoms with Gasteiger partial charge in [0.2, 0.25) is 5.71 Å². The van der Waals surface area contributed by atoms with Crippen LogP contribution in [0.3, 0.4) is 0 Å². The summed E-state index contributed by atoms with van der Waals surface area (Å²) in [5.41, 5.74) is 0.468. The van der Waals surface area contributed by atoms with Gasteiger partial charge in [-0.15, -0.1) is 0 Å². The second kappa shape index (κ2) is 9.60. The fourth-order valence-electron chi connectivity index (χ4n) is 5.70. The molecule has 2 aromatic rings. The third-order valence-corrected chi connectivity index (χ3v) is 7.27. The van der Waals surface area contributed by atoms with Crippen LogP contribution in [0.4, 0.5) is 4.79 Å². The molecule has 1 saturated carbocycles. The van der Waals surface area contributed by atoms with E-state index in [0.29, 0.717) is 42.7 Å². The molecule has 10 heteroatoms. The first-order chi connectivity index (χ1) is 16.5. The van der Waals surface area contributed by atoms with Gasteiger partial charge >= 0.3 is 17.7 Å². The van der Waals surface area contributed by atoms with Crippen molar-refractivity contribution in [3.63, 3.8) is 0 Å². The average Bonchev–Trinajstić information content (AvgIpc) is 3.41. The minimum Gasteiger partial charge on any atom is -0.450 e. The first-order valence-corrected chi connectivity index (χ1v) is 12.3. The second-order valence-electron chi connectivity index (χ2n) is 9.48. The lowest BCUT2D eigenvalue weighted by atomic mass is 9.97. The first kappa shape index (κ1) is 22.6. The van der Waals surface area contributed by atoms with Crippen LogP contribution in [-0.4, -0.2) is 45.4 Å². The number of carbonyl (C=O) groups is 1. The van der Waals surface area contributed by atoms with E-state index in [1.807, 2.05) is 0 Å². The number of nitrogens with one attached hydrogen (secondary N) is 1. The Balaban J connectivity index is 1.32. The van der Waals surface area contributed by atoms with E-state index in [2.05, 4.69) is 15.1 Å². The number of aryl methyl sites for hydroxylation is 1. The van der Waals surface area contributed by atoms with Crippen molar-refractivity contribution in [2.45, 2.75) is 83.2 Å². The fourth-order valence-corrected chi connectivity index (χ4v) is 5.70. The smallest absolute Gasteiger partial charge is 0.410 e. The Kier molecular flexibility index (Phi) is 6.38. The van der Waals surface area contributed by atoms with Crippen LogP contribution in [0.1, 0.15) is 70.3 Å². The zero-order valence-corrected chi connectivity index (χ0v) is 19.4. The van der Waals surface area contributed by atoms with Crippen molar-refractivity contribution >= 4 is 22.9 Å². The normalized spacial score (nSPS) is 23.7. The number of hydrogen-bond donors (Lipinski definition) is 1. The van der Waals surface area contributed by atoms with E-state index in [1.54, 1.807) is 11.8 Å². The van der Waals surface area contributed by atoms with Crippen molar-refractivity contribution in [1.82, 2.24) is 14.9 Å². The van der Waals surface area contributed by atoms with Crippen LogP contribution in [0.25, 0.3) is 11.1 Å². The molecule has 2 atom stereocenters. The van der Waals surface area contributed by atoms with Gasteiger partial charge in [-0.1, -0.05) is 30.8 Å². The molecular formula is C24H30N4O6. The van der Waals surface area contributed by atoms with Crippen molar-refractivity contribution in [3.05, 3.63) is 32.4 Å². The van der Waals surface area contributed by atoms with Crippen LogP contribution in [0.15, 0.2) is 25.2 Å². The van der Waals surface area contributed by atoms with Crippen LogP contribution in [0.5, 0.6) is 6.01 Å². The van der Waals surface area contributed by atoms with E-state index >= 15 is 0 Å². The second-order valence-corrected chi connectivity index (χ2v) is 9.48. The van der Waals surface area contributed by atoms with Gasteiger partial charge in [0, 0.05) is 31.0 Å². The van der Waals surface area contributed by atoms with E-state index in [4.69, 9.17) is 14.0 Å². The lowest BCUT2D eigenvalue weighted by Gasteiger charge is -2.34. The highest BCUT2D eigenvalue weighted by Gasteiger charge is 2.43. The van der Waals surface area contributed by atoms with Crippen LogP contribution in [-0.2, 0) is 11.2 Å². The number of nitrogens with zero attached hydrogens (tertiary/aromatic N) is 3. The van der Waals surface area contributed by atoms with Gasteiger partial charge in [0.25, 0.3) is 5.56 Å². The molecule has 1 amide bonds. The summed E-state index contributed by atoms with van der Waals surface area (Å²) < 4.78 is 10.4. The topological polar surface area (TPSA) is 127 Å². The maximum atomic E-state index is 12.8. The number of ether oxygens (including phenoxy) is 1. The Hall–Kier alpha value is -3.17. The number of carbonyl (C=O) groups excluding carboxylic acids is 1. The highest BCUT2D eigenvalue weighted by molar-refractivity contribution is 5.88. The minimum atomic E-state index is -0.535. The quantitative estimate of drug-likeness (QED) is 0.640. The van der Waals surface area contributed by atoms with Gasteiger partial charge in [-0.25, -0.2) is 9.59 Å². The van der Waals surface area contributed by atoms with E-state index in [-0.39, 0.29) is 29.9 Å². The summed E-state index contributed by atoms with van der Waals surface area (Å²) in [6, 6.07) is 1.33. The Morgan fingerprint density at radius 3 is 2.65 bits per heavy atom. The maximum Gasteiger partial charge on any atom is 0.410 e. The predicted octanol–water partition coefficient (Wildman–Crippen LogP) is 3.52. The lowest BCUT2D eigenvalue weighted by Crippen LogP contribution is -2.47. The standard InChI is InChI=1S/C24H30N4O6/c1-2-32-24(31)28-17-9-10-18(28)13-16(12-17)27-34-23-25-21(30)20-15(8-7-14-5-3-4-6-14)11-19(29)33-22(20)26-23/h11,14,17-18H,2-10,12-13H2,1H3,(H,25,26,30)/t17-,18+. The summed E-state index contributed by atoms with van der Waals surface area (Å²) in [5, 5.41) is 4.49. The Bertz CT molecular complexity index is 1200. The number of oxime groups is 1. The van der Waals surface area contributed by atoms with Crippen molar-refractivity contribution in [2.24, 2.45) is 11.1 Å². The maximum absolute atomic E-state index is 12.8. The average molecular weight is 471 g/mol. The highest BCUT2D eigenvalue weighted by atomic mass is 16.6. The van der Waals surface area contributed by atoms with E-state index < -0.39 is 11.2 Å². The molecule has 0 unspecified atom stereocenters. The summed E-state index contributed by atoms with van der Waals surface area (Å²) in [5.74, 6) is 0.637. The molecule has 2 aromatic heterocycles. The molecule has 2 bridgehead atoms. The summed E-state index contributed by atoms with van der Waals surface area (Å²) in [4.78, 5) is 51.2. The van der Waals surface area contributed by atoms with Crippen molar-refractivity contribution < 1.29 is 18.8 Å². The highest BCUT2D eigenvalue weighted by Crippen LogP contribution is 2.35. The van der Waals surface area contributed by atoms with Crippen LogP contribution >= 0.6 is 0 Å². The lowest BCUT2D eigenvalue weighted by molar-refractivity contribution is 0.0856. The SMILES string of the molecule is CCOC(=O)N1[C@@H]2CC[C@H]1CC(=NOc1nc3oc(=O)cc(CCC4CCCC4)c3c(=O)[nH]1)C2. The minimum absolute atomic E-state index is 0.0317. The Morgan fingerprint density at radius 1 is 1.21 bits per heavy atom. The molecule has 1 aliphatic carbocycles. The van der Waals surface area contributed by atoms with Gasteiger partial charge in [-0.3, -0.25) is 9.78 Å². The van der Waals surface area contributed by atoms with Gasteiger partial charge in [-0.05, 0) is 44.1 Å². The van der Waals surface area contributed by atoms with E-state index in [9.17, 15) is 14.4 Å². The van der Waals surface area contributed by atoms with Crippen molar-refractivity contribution in [3.8, 4) is 6.01 Å². The molecule has 34 heavy (non-hydrogen) atoms. The molecular weight excluding hydrogens is 440 g/mol. The van der Waals surface area contributed by atoms with Crippen LogP contribution in [0.2, 0.25) is 0 Å². The molecule has 1 N–H and O–H groups in total. The van der Waals surface area contributed by atoms with Crippen LogP contribution < -0.4 is 16.0 Å². The third kappa shape index (κ3) is 4.58. The molecule has 0 aromatic carbocycles. The number of hydrogen-bond acceptors (Lipinski definition) is 8. The third-order valence-electron chi connectivity index (χ3n) is 7.27. The predicted molar refractivity (Wildman–Crippen MR) is 124 cm³/mol. The molecule has 0 spiro atoms. The molecule has 3 aliphatic rings. The molecule has 2 saturated heterocycles. The molecule has 0 radical (unpaired) electrons. The Labute approximate surface area is 196 Å². The number of fused-ring (bicyclic) bond motifs is 3. The van der Waals surface area contributed by atoms with Crippen molar-refractivity contribution in [1.29, 1.82) is 0 Å². The number of H-pyrrole nitrogens is 1. The van der Waals surface area contributed by atoms with Gasteiger partial charge < -0.3 is 18.9 Å². The molecule has 182 valence electrons. The molecule has 2 aliphatic heterocycles. The Morgan fingerprint density at radius 2 is 1.94 bits per heavy atom. The molecule has 10 nitrogen and oxygen atoms in total. The number of aromatic amines is 1. The monoisotopic (exact) mass is 470 g/mol.